The van der Waals surface area contributed by atoms with E-state index in [4.69, 9.17) is 15.2 Å². The summed E-state index contributed by atoms with van der Waals surface area (Å²) in [5.41, 5.74) is 4.83. The van der Waals surface area contributed by atoms with Gasteiger partial charge in [0.25, 0.3) is 0 Å². The number of allylic oxidation sites excluding steroid dienone is 6. The van der Waals surface area contributed by atoms with Crippen LogP contribution in [0, 0.1) is 23.2 Å². The fourth-order valence-corrected chi connectivity index (χ4v) is 10.2. The molecule has 0 radical (unpaired) electrons. The number of fused-ring (bicyclic) bond motifs is 4. The number of ketones is 2. The zero-order valence-corrected chi connectivity index (χ0v) is 29.3. The van der Waals surface area contributed by atoms with E-state index in [9.17, 15) is 40.2 Å². The van der Waals surface area contributed by atoms with Gasteiger partial charge in [0, 0.05) is 23.4 Å². The van der Waals surface area contributed by atoms with E-state index >= 15 is 0 Å². The zero-order chi connectivity index (χ0) is 37.3. The molecule has 0 amide bonds. The molecule has 8 atom stereocenters. The molecule has 0 aromatic heterocycles. The predicted molar refractivity (Wildman–Crippen MR) is 191 cm³/mol. The minimum Gasteiger partial charge on any atom is -0.511 e. The summed E-state index contributed by atoms with van der Waals surface area (Å²) in [7, 11) is 0. The molecule has 8 rings (SSSR count). The fourth-order valence-electron chi connectivity index (χ4n) is 10.2. The highest BCUT2D eigenvalue weighted by Crippen LogP contribution is 2.62. The summed E-state index contributed by atoms with van der Waals surface area (Å²) in [6.45, 7) is -0.297. The fraction of sp³-hybridized carbons (Fsp3) is 0.463. The third-order valence-electron chi connectivity index (χ3n) is 12.7. The van der Waals surface area contributed by atoms with Gasteiger partial charge in [-0.2, -0.15) is 0 Å². The van der Waals surface area contributed by atoms with Gasteiger partial charge in [-0.25, -0.2) is 0 Å². The van der Waals surface area contributed by atoms with Crippen molar-refractivity contribution >= 4 is 11.6 Å². The van der Waals surface area contributed by atoms with Gasteiger partial charge in [-0.05, 0) is 72.6 Å². The van der Waals surface area contributed by atoms with E-state index in [1.807, 2.05) is 30.4 Å². The number of carbonyl (C=O) groups is 2. The molecule has 2 aromatic carbocycles. The lowest BCUT2D eigenvalue weighted by Crippen LogP contribution is -2.79. The lowest BCUT2D eigenvalue weighted by atomic mass is 9.52. The van der Waals surface area contributed by atoms with Crippen molar-refractivity contribution in [3.8, 4) is 5.75 Å². The number of rotatable bonds is 8. The molecule has 2 aromatic rings. The molecule has 0 spiro atoms. The molecule has 2 heterocycles. The molecule has 2 saturated carbocycles. The third kappa shape index (κ3) is 5.49. The van der Waals surface area contributed by atoms with Crippen molar-refractivity contribution in [2.24, 2.45) is 28.9 Å². The number of aliphatic hydroxyl groups is 6. The van der Waals surface area contributed by atoms with Crippen LogP contribution in [0.5, 0.6) is 5.75 Å². The summed E-state index contributed by atoms with van der Waals surface area (Å²) < 4.78 is 12.5. The van der Waals surface area contributed by atoms with Gasteiger partial charge in [0.2, 0.25) is 6.29 Å². The van der Waals surface area contributed by atoms with Gasteiger partial charge >= 0.3 is 0 Å². The quantitative estimate of drug-likeness (QED) is 0.197. The number of nitrogens with one attached hydrogen (secondary N) is 1. The van der Waals surface area contributed by atoms with Crippen LogP contribution < -0.4 is 15.8 Å². The van der Waals surface area contributed by atoms with Crippen LogP contribution in [-0.4, -0.2) is 85.1 Å². The number of ether oxygens (including phenoxy) is 2. The highest BCUT2D eigenvalue weighted by atomic mass is 16.7. The van der Waals surface area contributed by atoms with Crippen molar-refractivity contribution in [3.05, 3.63) is 112 Å². The van der Waals surface area contributed by atoms with Gasteiger partial charge in [-0.15, -0.1) is 0 Å². The Kier molecular flexibility index (Phi) is 8.91. The van der Waals surface area contributed by atoms with E-state index in [2.05, 4.69) is 5.32 Å². The molecule has 1 saturated heterocycles. The summed E-state index contributed by atoms with van der Waals surface area (Å²) in [5.74, 6) is -3.67. The normalized spacial score (nSPS) is 34.5. The van der Waals surface area contributed by atoms with Crippen LogP contribution in [0.25, 0.3) is 0 Å². The second-order valence-corrected chi connectivity index (χ2v) is 15.5. The Morgan fingerprint density at radius 1 is 0.981 bits per heavy atom. The first-order valence-corrected chi connectivity index (χ1v) is 18.4. The van der Waals surface area contributed by atoms with Crippen molar-refractivity contribution < 1.29 is 49.7 Å². The first kappa shape index (κ1) is 35.7. The average Bonchev–Trinajstić information content (AvgIpc) is 3.65. The molecule has 2 aliphatic heterocycles. The van der Waals surface area contributed by atoms with Crippen molar-refractivity contribution in [1.29, 1.82) is 0 Å². The number of hydrogen-bond donors (Lipinski definition) is 8. The minimum atomic E-state index is -2.20. The third-order valence-corrected chi connectivity index (χ3v) is 12.7. The summed E-state index contributed by atoms with van der Waals surface area (Å²) in [6.07, 6.45) is 5.91. The highest BCUT2D eigenvalue weighted by Gasteiger charge is 2.71. The lowest BCUT2D eigenvalue weighted by molar-refractivity contribution is -0.383. The highest BCUT2D eigenvalue weighted by molar-refractivity contribution is 6.19. The molecule has 12 nitrogen and oxygen atoms in total. The van der Waals surface area contributed by atoms with Crippen LogP contribution in [0.3, 0.4) is 0 Å². The second-order valence-electron chi connectivity index (χ2n) is 15.5. The Labute approximate surface area is 306 Å². The Morgan fingerprint density at radius 3 is 2.47 bits per heavy atom. The van der Waals surface area contributed by atoms with Crippen molar-refractivity contribution in [2.45, 2.75) is 81.3 Å². The molecular formula is C41H46N2O10. The molecule has 9 N–H and O–H groups in total. The van der Waals surface area contributed by atoms with Crippen molar-refractivity contribution in [2.75, 3.05) is 13.2 Å². The Balaban J connectivity index is 1.13. The van der Waals surface area contributed by atoms with Crippen LogP contribution in [0.1, 0.15) is 70.4 Å². The summed E-state index contributed by atoms with van der Waals surface area (Å²) in [4.78, 5) is 28.3. The van der Waals surface area contributed by atoms with Crippen LogP contribution in [0.15, 0.2) is 89.5 Å². The van der Waals surface area contributed by atoms with Crippen molar-refractivity contribution in [1.82, 2.24) is 5.32 Å². The van der Waals surface area contributed by atoms with E-state index in [1.54, 1.807) is 18.2 Å². The Bertz CT molecular complexity index is 1960. The first-order valence-electron chi connectivity index (χ1n) is 18.4. The van der Waals surface area contributed by atoms with E-state index in [-0.39, 0.29) is 35.7 Å². The van der Waals surface area contributed by atoms with E-state index < -0.39 is 71.0 Å². The van der Waals surface area contributed by atoms with Gasteiger partial charge in [0.15, 0.2) is 11.6 Å². The van der Waals surface area contributed by atoms with Crippen LogP contribution >= 0.6 is 0 Å². The maximum atomic E-state index is 14.2. The number of dihydropyridines is 1. The molecule has 4 aliphatic carbocycles. The van der Waals surface area contributed by atoms with Crippen LogP contribution in [0.2, 0.25) is 0 Å². The number of carbonyl (C=O) groups excluding carboxylic acids is 2. The predicted octanol–water partition coefficient (Wildman–Crippen LogP) is 2.63. The molecule has 280 valence electrons. The smallest absolute Gasteiger partial charge is 0.229 e. The van der Waals surface area contributed by atoms with E-state index in [0.29, 0.717) is 43.6 Å². The van der Waals surface area contributed by atoms with E-state index in [1.165, 1.54) is 18.2 Å². The molecule has 12 heteroatoms. The lowest BCUT2D eigenvalue weighted by Gasteiger charge is -2.63. The van der Waals surface area contributed by atoms with Gasteiger partial charge in [-0.1, -0.05) is 61.4 Å². The Hall–Kier alpha value is -4.30. The monoisotopic (exact) mass is 726 g/mol. The summed E-state index contributed by atoms with van der Waals surface area (Å²) in [5, 5.41) is 71.2. The number of aliphatic hydroxyl groups excluding tert-OH is 5. The SMILES string of the molecule is NC1=CC(C2(C3CCC4(CO)OC(Oc5cccc6c5C(=O)C5C(O)=CC(Cc7cccc(CO)c7)=CC5C6=O)C(O)C3(O)C4O)CCCC2)=CCN1. The topological polar surface area (TPSA) is 212 Å². The Morgan fingerprint density at radius 2 is 1.74 bits per heavy atom. The largest absolute Gasteiger partial charge is 0.511 e. The van der Waals surface area contributed by atoms with Crippen LogP contribution in [0.4, 0.5) is 0 Å². The van der Waals surface area contributed by atoms with Gasteiger partial charge in [0.1, 0.15) is 34.9 Å². The zero-order valence-electron chi connectivity index (χ0n) is 29.3. The second kappa shape index (κ2) is 13.2. The molecule has 3 fully saturated rings. The molecule has 2 bridgehead atoms. The van der Waals surface area contributed by atoms with Crippen molar-refractivity contribution in [3.63, 3.8) is 0 Å². The number of Topliss-reactive ketones (excluding diaryl/α,β-unsaturated/α-hetero) is 2. The maximum Gasteiger partial charge on any atom is 0.229 e. The molecule has 6 aliphatic rings. The molecule has 8 unspecified atom stereocenters. The van der Waals surface area contributed by atoms with Gasteiger partial charge in [0.05, 0.1) is 36.4 Å². The molecular weight excluding hydrogens is 680 g/mol. The number of benzene rings is 2. The minimum absolute atomic E-state index is 0.0763. The van der Waals surface area contributed by atoms with Crippen LogP contribution in [-0.2, 0) is 17.8 Å². The standard InChI is InChI=1S/C41H46N2O10/c42-31-19-25(10-14-43-31)39(11-1-2-12-39)30-9-13-40(21-45)38(50)41(30,51)36(49)37(53-40)52-29-8-4-7-26-33(29)35(48)32-27(34(26)47)17-24(18-28(32)46)16-22-5-3-6-23(15-22)20-44/h3-8,10,15,17-19,27,30,32,36-38,43-46,49-51H,1-2,9,11-14,16,20-21,42H2. The molecule has 53 heavy (non-hydrogen) atoms. The first-order chi connectivity index (χ1) is 25.5. The van der Waals surface area contributed by atoms with E-state index in [0.717, 1.165) is 29.5 Å². The number of hydrogen-bond acceptors (Lipinski definition) is 12. The summed E-state index contributed by atoms with van der Waals surface area (Å²) >= 11 is 0. The van der Waals surface area contributed by atoms with Gasteiger partial charge in [-0.3, -0.25) is 9.59 Å². The van der Waals surface area contributed by atoms with Gasteiger partial charge < -0.3 is 51.2 Å². The summed E-state index contributed by atoms with van der Waals surface area (Å²) in [6, 6.07) is 11.8. The maximum absolute atomic E-state index is 14.2. The number of nitrogens with two attached hydrogens (primary N) is 1. The average molecular weight is 727 g/mol.